The fourth-order valence-electron chi connectivity index (χ4n) is 4.69. The van der Waals surface area contributed by atoms with Crippen LogP contribution in [0.3, 0.4) is 0 Å². The van der Waals surface area contributed by atoms with E-state index in [-0.39, 0.29) is 65.0 Å². The number of aromatic nitrogens is 1. The molecule has 12 nitrogen and oxygen atoms in total. The van der Waals surface area contributed by atoms with E-state index in [4.69, 9.17) is 9.26 Å². The zero-order valence-corrected chi connectivity index (χ0v) is 24.4. The number of aliphatic hydroxyl groups excluding tert-OH is 1. The Morgan fingerprint density at radius 3 is 2.54 bits per heavy atom. The molecule has 1 aliphatic heterocycles. The van der Waals surface area contributed by atoms with Crippen LogP contribution in [0.2, 0.25) is 0 Å². The molecular weight excluding hydrogens is 550 g/mol. The number of nitrogens with one attached hydrogen (secondary N) is 2. The first-order chi connectivity index (χ1) is 19.4. The van der Waals surface area contributed by atoms with Crippen molar-refractivity contribution < 1.29 is 32.4 Å². The molecule has 0 spiro atoms. The highest BCUT2D eigenvalue weighted by molar-refractivity contribution is 7.92. The van der Waals surface area contributed by atoms with Gasteiger partial charge in [-0.3, -0.25) is 9.52 Å². The normalized spacial score (nSPS) is 18.0. The molecule has 41 heavy (non-hydrogen) atoms. The summed E-state index contributed by atoms with van der Waals surface area (Å²) in [6.45, 7) is 6.71. The van der Waals surface area contributed by atoms with E-state index >= 15 is 0 Å². The van der Waals surface area contributed by atoms with E-state index in [0.29, 0.717) is 5.69 Å². The number of hydrogen-bond acceptors (Lipinski definition) is 8. The maximum atomic E-state index is 13.7. The number of likely N-dealkylation sites (N-methyl/N-ethyl adjacent to an activating group) is 1. The number of ether oxygens (including phenoxy) is 1. The summed E-state index contributed by atoms with van der Waals surface area (Å²) in [6.07, 6.45) is -0.647. The van der Waals surface area contributed by atoms with E-state index in [1.54, 1.807) is 38.2 Å². The van der Waals surface area contributed by atoms with Crippen LogP contribution < -0.4 is 14.8 Å². The Balaban J connectivity index is 1.71. The van der Waals surface area contributed by atoms with Gasteiger partial charge in [0.1, 0.15) is 11.8 Å². The predicted molar refractivity (Wildman–Crippen MR) is 152 cm³/mol. The molecule has 0 radical (unpaired) electrons. The number of nitrogens with zero attached hydrogens (tertiary/aromatic N) is 3. The van der Waals surface area contributed by atoms with Gasteiger partial charge < -0.3 is 29.5 Å². The van der Waals surface area contributed by atoms with Gasteiger partial charge >= 0.3 is 6.03 Å². The Labute approximate surface area is 239 Å². The topological polar surface area (TPSA) is 154 Å². The van der Waals surface area contributed by atoms with E-state index in [1.165, 1.54) is 29.7 Å². The van der Waals surface area contributed by atoms with Gasteiger partial charge in [0.2, 0.25) is 0 Å². The Kier molecular flexibility index (Phi) is 8.88. The third-order valence-electron chi connectivity index (χ3n) is 7.00. The van der Waals surface area contributed by atoms with Crippen molar-refractivity contribution in [3.63, 3.8) is 0 Å². The second-order valence-corrected chi connectivity index (χ2v) is 11.9. The minimum atomic E-state index is -4.17. The highest BCUT2D eigenvalue weighted by atomic mass is 32.2. The lowest BCUT2D eigenvalue weighted by Crippen LogP contribution is -2.50. The zero-order chi connectivity index (χ0) is 29.9. The molecule has 1 aliphatic rings. The zero-order valence-electron chi connectivity index (χ0n) is 23.6. The van der Waals surface area contributed by atoms with E-state index in [2.05, 4.69) is 15.2 Å². The van der Waals surface area contributed by atoms with Crippen molar-refractivity contribution in [3.05, 3.63) is 65.5 Å². The number of amides is 3. The molecule has 0 unspecified atom stereocenters. The highest BCUT2D eigenvalue weighted by Crippen LogP contribution is 2.36. The van der Waals surface area contributed by atoms with Crippen LogP contribution in [0.1, 0.15) is 35.7 Å². The van der Waals surface area contributed by atoms with Crippen LogP contribution in [-0.4, -0.2) is 79.3 Å². The van der Waals surface area contributed by atoms with Crippen molar-refractivity contribution in [2.45, 2.75) is 44.7 Å². The first-order valence-corrected chi connectivity index (χ1v) is 14.7. The van der Waals surface area contributed by atoms with Gasteiger partial charge in [-0.2, -0.15) is 0 Å². The quantitative estimate of drug-likeness (QED) is 0.363. The summed E-state index contributed by atoms with van der Waals surface area (Å²) < 4.78 is 40.7. The minimum absolute atomic E-state index is 0.0244. The monoisotopic (exact) mass is 585 g/mol. The number of hydrogen-bond donors (Lipinski definition) is 3. The standard InChI is InChI=1S/C28H35N5O7S/c1-17-14-33(18(2)16-34)27(35)22-12-9-13-23(31-41(37,38)26-19(3)30-40-20(26)4)25(22)39-24(17)15-32(5)28(36)29-21-10-7-6-8-11-21/h6-13,17-18,24,31,34H,14-16H2,1-5H3,(H,29,36)/t17-,18+,24-/m1/s1. The van der Waals surface area contributed by atoms with Crippen molar-refractivity contribution >= 4 is 33.3 Å². The second kappa shape index (κ2) is 12.2. The van der Waals surface area contributed by atoms with Gasteiger partial charge in [0, 0.05) is 25.2 Å². The Morgan fingerprint density at radius 2 is 1.90 bits per heavy atom. The molecular formula is C28H35N5O7S. The second-order valence-electron chi connectivity index (χ2n) is 10.2. The fourth-order valence-corrected chi connectivity index (χ4v) is 6.08. The van der Waals surface area contributed by atoms with Crippen molar-refractivity contribution in [2.75, 3.05) is 36.8 Å². The lowest BCUT2D eigenvalue weighted by molar-refractivity contribution is 0.0373. The van der Waals surface area contributed by atoms with Gasteiger partial charge in [0.25, 0.3) is 15.9 Å². The molecule has 3 atom stereocenters. The first-order valence-electron chi connectivity index (χ1n) is 13.2. The number of carbonyl (C=O) groups excluding carboxylic acids is 2. The summed E-state index contributed by atoms with van der Waals surface area (Å²) in [6, 6.07) is 12.7. The summed E-state index contributed by atoms with van der Waals surface area (Å²) >= 11 is 0. The first kappa shape index (κ1) is 29.9. The number of urea groups is 1. The molecule has 0 saturated heterocycles. The highest BCUT2D eigenvalue weighted by Gasteiger charge is 2.36. The largest absolute Gasteiger partial charge is 0.485 e. The molecule has 3 amide bonds. The molecule has 3 N–H and O–H groups in total. The number of aryl methyl sites for hydroxylation is 2. The van der Waals surface area contributed by atoms with Crippen LogP contribution in [0, 0.1) is 19.8 Å². The smallest absolute Gasteiger partial charge is 0.321 e. The van der Waals surface area contributed by atoms with Crippen molar-refractivity contribution in [2.24, 2.45) is 5.92 Å². The molecule has 1 aromatic heterocycles. The Hall–Kier alpha value is -4.10. The Morgan fingerprint density at radius 1 is 1.20 bits per heavy atom. The van der Waals surface area contributed by atoms with E-state index in [0.717, 1.165) is 0 Å². The number of benzene rings is 2. The molecule has 0 bridgehead atoms. The van der Waals surface area contributed by atoms with Gasteiger partial charge in [-0.1, -0.05) is 36.3 Å². The molecule has 0 aliphatic carbocycles. The van der Waals surface area contributed by atoms with Gasteiger partial charge in [-0.15, -0.1) is 0 Å². The number of sulfonamides is 1. The number of aliphatic hydroxyl groups is 1. The fraction of sp³-hybridized carbons (Fsp3) is 0.393. The van der Waals surface area contributed by atoms with E-state index in [1.807, 2.05) is 25.1 Å². The molecule has 3 aromatic rings. The third kappa shape index (κ3) is 6.46. The maximum Gasteiger partial charge on any atom is 0.321 e. The molecule has 4 rings (SSSR count). The van der Waals surface area contributed by atoms with Gasteiger partial charge in [-0.25, -0.2) is 13.2 Å². The van der Waals surface area contributed by atoms with Gasteiger partial charge in [0.15, 0.2) is 16.4 Å². The molecule has 2 aromatic carbocycles. The van der Waals surface area contributed by atoms with Gasteiger partial charge in [-0.05, 0) is 45.0 Å². The van der Waals surface area contributed by atoms with Crippen LogP contribution >= 0.6 is 0 Å². The average molecular weight is 586 g/mol. The molecule has 13 heteroatoms. The lowest BCUT2D eigenvalue weighted by atomic mass is 9.99. The van der Waals surface area contributed by atoms with Crippen LogP contribution in [0.5, 0.6) is 5.75 Å². The summed E-state index contributed by atoms with van der Waals surface area (Å²) in [7, 11) is -2.54. The number of para-hydroxylation sites is 2. The average Bonchev–Trinajstić information content (AvgIpc) is 3.29. The van der Waals surface area contributed by atoms with E-state index < -0.39 is 28.1 Å². The van der Waals surface area contributed by atoms with Gasteiger partial charge in [0.05, 0.1) is 30.4 Å². The predicted octanol–water partition coefficient (Wildman–Crippen LogP) is 3.48. The maximum absolute atomic E-state index is 13.7. The minimum Gasteiger partial charge on any atom is -0.485 e. The SMILES string of the molecule is Cc1noc(C)c1S(=O)(=O)Nc1cccc2c1O[C@H](CN(C)C(=O)Nc1ccccc1)[C@H](C)CN([C@@H](C)CO)C2=O. The van der Waals surface area contributed by atoms with Crippen molar-refractivity contribution in [1.82, 2.24) is 15.0 Å². The Bertz CT molecular complexity index is 1490. The number of anilines is 2. The van der Waals surface area contributed by atoms with Crippen LogP contribution in [0.25, 0.3) is 0 Å². The number of rotatable bonds is 8. The summed E-state index contributed by atoms with van der Waals surface area (Å²) in [4.78, 5) is 29.6. The summed E-state index contributed by atoms with van der Waals surface area (Å²) in [5.41, 5.74) is 0.984. The van der Waals surface area contributed by atoms with Crippen molar-refractivity contribution in [1.29, 1.82) is 0 Å². The van der Waals surface area contributed by atoms with Crippen LogP contribution in [-0.2, 0) is 10.0 Å². The molecule has 2 heterocycles. The molecule has 220 valence electrons. The molecule has 0 fully saturated rings. The van der Waals surface area contributed by atoms with E-state index in [9.17, 15) is 23.1 Å². The van der Waals surface area contributed by atoms with Crippen LogP contribution in [0.4, 0.5) is 16.2 Å². The summed E-state index contributed by atoms with van der Waals surface area (Å²) in [5.74, 6) is -0.580. The summed E-state index contributed by atoms with van der Waals surface area (Å²) in [5, 5.41) is 16.5. The number of fused-ring (bicyclic) bond motifs is 1. The third-order valence-corrected chi connectivity index (χ3v) is 8.61. The molecule has 0 saturated carbocycles. The van der Waals surface area contributed by atoms with Crippen molar-refractivity contribution in [3.8, 4) is 5.75 Å². The van der Waals surface area contributed by atoms with Crippen LogP contribution in [0.15, 0.2) is 57.9 Å². The lowest BCUT2D eigenvalue weighted by Gasteiger charge is -2.38. The number of carbonyl (C=O) groups is 2.